The van der Waals surface area contributed by atoms with E-state index in [0.29, 0.717) is 6.04 Å². The first kappa shape index (κ1) is 12.2. The number of non-ortho nitro benzene ring substituents is 1. The number of thioether (sulfide) groups is 1. The molecule has 0 atom stereocenters. The molecule has 0 amide bonds. The van der Waals surface area contributed by atoms with E-state index in [1.807, 2.05) is 24.8 Å². The average Bonchev–Trinajstić information content (AvgIpc) is 2.29. The van der Waals surface area contributed by atoms with Gasteiger partial charge in [0.25, 0.3) is 5.69 Å². The van der Waals surface area contributed by atoms with E-state index in [0.717, 1.165) is 24.1 Å². The van der Waals surface area contributed by atoms with Crippen LogP contribution in [0.25, 0.3) is 0 Å². The summed E-state index contributed by atoms with van der Waals surface area (Å²) in [5, 5.41) is 14.2. The van der Waals surface area contributed by atoms with E-state index >= 15 is 0 Å². The fraction of sp³-hybridized carbons (Fsp3) is 0.500. The van der Waals surface area contributed by atoms with Crippen LogP contribution in [0.4, 0.5) is 11.4 Å². The lowest BCUT2D eigenvalue weighted by Gasteiger charge is -2.23. The standard InChI is InChI=1S/C12H16N2O2S/c1-9-6-11(8-12(7-9)14(15)16)13-10-2-4-17-5-3-10/h6-8,10,13H,2-5H2,1H3. The minimum atomic E-state index is -0.338. The van der Waals surface area contributed by atoms with E-state index in [1.54, 1.807) is 12.1 Å². The normalized spacial score (nSPS) is 16.8. The van der Waals surface area contributed by atoms with Crippen molar-refractivity contribution in [3.05, 3.63) is 33.9 Å². The monoisotopic (exact) mass is 252 g/mol. The maximum Gasteiger partial charge on any atom is 0.271 e. The minimum Gasteiger partial charge on any atom is -0.382 e. The van der Waals surface area contributed by atoms with Crippen LogP contribution in [0, 0.1) is 17.0 Å². The molecule has 4 nitrogen and oxygen atoms in total. The number of aryl methyl sites for hydroxylation is 1. The van der Waals surface area contributed by atoms with Gasteiger partial charge in [0.15, 0.2) is 0 Å². The molecule has 0 aliphatic carbocycles. The smallest absolute Gasteiger partial charge is 0.271 e. The zero-order chi connectivity index (χ0) is 12.3. The molecule has 0 unspecified atom stereocenters. The average molecular weight is 252 g/mol. The second kappa shape index (κ2) is 5.40. The summed E-state index contributed by atoms with van der Waals surface area (Å²) in [5.74, 6) is 2.34. The van der Waals surface area contributed by atoms with Crippen molar-refractivity contribution >= 4 is 23.1 Å². The van der Waals surface area contributed by atoms with Crippen LogP contribution in [0.15, 0.2) is 18.2 Å². The third-order valence-electron chi connectivity index (χ3n) is 2.87. The maximum absolute atomic E-state index is 10.8. The lowest BCUT2D eigenvalue weighted by molar-refractivity contribution is -0.384. The van der Waals surface area contributed by atoms with Crippen molar-refractivity contribution in [3.63, 3.8) is 0 Å². The number of anilines is 1. The number of hydrogen-bond donors (Lipinski definition) is 1. The Morgan fingerprint density at radius 3 is 2.71 bits per heavy atom. The van der Waals surface area contributed by atoms with Crippen LogP contribution in [0.1, 0.15) is 18.4 Å². The Bertz CT molecular complexity index is 417. The predicted octanol–water partition coefficient (Wildman–Crippen LogP) is 3.21. The lowest BCUT2D eigenvalue weighted by Crippen LogP contribution is -2.24. The Morgan fingerprint density at radius 1 is 1.35 bits per heavy atom. The van der Waals surface area contributed by atoms with Crippen molar-refractivity contribution in [2.45, 2.75) is 25.8 Å². The third-order valence-corrected chi connectivity index (χ3v) is 3.91. The first-order chi connectivity index (χ1) is 8.15. The van der Waals surface area contributed by atoms with Crippen LogP contribution in [0.3, 0.4) is 0 Å². The Hall–Kier alpha value is -1.23. The van der Waals surface area contributed by atoms with E-state index in [9.17, 15) is 10.1 Å². The number of nitro benzene ring substituents is 1. The van der Waals surface area contributed by atoms with Gasteiger partial charge in [0.1, 0.15) is 0 Å². The van der Waals surface area contributed by atoms with Crippen molar-refractivity contribution in [2.24, 2.45) is 0 Å². The van der Waals surface area contributed by atoms with Gasteiger partial charge in [-0.15, -0.1) is 0 Å². The summed E-state index contributed by atoms with van der Waals surface area (Å²) >= 11 is 1.97. The molecule has 1 aromatic rings. The number of nitrogens with zero attached hydrogens (tertiary/aromatic N) is 1. The fourth-order valence-electron chi connectivity index (χ4n) is 2.03. The van der Waals surface area contributed by atoms with Crippen LogP contribution >= 0.6 is 11.8 Å². The molecule has 1 heterocycles. The van der Waals surface area contributed by atoms with Crippen LogP contribution in [0.5, 0.6) is 0 Å². The number of hydrogen-bond acceptors (Lipinski definition) is 4. The maximum atomic E-state index is 10.8. The highest BCUT2D eigenvalue weighted by Crippen LogP contribution is 2.24. The van der Waals surface area contributed by atoms with Gasteiger partial charge in [-0.05, 0) is 42.9 Å². The van der Waals surface area contributed by atoms with Crippen molar-refractivity contribution in [3.8, 4) is 0 Å². The number of nitrogens with one attached hydrogen (secondary N) is 1. The second-order valence-electron chi connectivity index (χ2n) is 4.35. The Balaban J connectivity index is 2.11. The zero-order valence-corrected chi connectivity index (χ0v) is 10.6. The first-order valence-electron chi connectivity index (χ1n) is 5.75. The number of nitro groups is 1. The summed E-state index contributed by atoms with van der Waals surface area (Å²) in [6.45, 7) is 1.88. The molecule has 1 aliphatic heterocycles. The second-order valence-corrected chi connectivity index (χ2v) is 5.57. The summed E-state index contributed by atoms with van der Waals surface area (Å²) in [6, 6.07) is 5.64. The molecule has 92 valence electrons. The molecule has 17 heavy (non-hydrogen) atoms. The highest BCUT2D eigenvalue weighted by atomic mass is 32.2. The molecule has 0 aromatic heterocycles. The molecule has 1 aromatic carbocycles. The molecular formula is C12H16N2O2S. The largest absolute Gasteiger partial charge is 0.382 e. The fourth-order valence-corrected chi connectivity index (χ4v) is 3.14. The molecule has 5 heteroatoms. The Labute approximate surface area is 105 Å². The van der Waals surface area contributed by atoms with Gasteiger partial charge in [0, 0.05) is 23.9 Å². The van der Waals surface area contributed by atoms with E-state index in [2.05, 4.69) is 5.32 Å². The summed E-state index contributed by atoms with van der Waals surface area (Å²) in [7, 11) is 0. The molecule has 0 bridgehead atoms. The molecule has 0 saturated carbocycles. The van der Waals surface area contributed by atoms with E-state index < -0.39 is 0 Å². The van der Waals surface area contributed by atoms with Crippen LogP contribution < -0.4 is 5.32 Å². The van der Waals surface area contributed by atoms with Gasteiger partial charge in [-0.2, -0.15) is 11.8 Å². The molecule has 1 saturated heterocycles. The van der Waals surface area contributed by atoms with E-state index in [-0.39, 0.29) is 10.6 Å². The van der Waals surface area contributed by atoms with Crippen molar-refractivity contribution in [1.82, 2.24) is 0 Å². The molecule has 0 spiro atoms. The van der Waals surface area contributed by atoms with Crippen molar-refractivity contribution < 1.29 is 4.92 Å². The Morgan fingerprint density at radius 2 is 2.06 bits per heavy atom. The molecule has 1 N–H and O–H groups in total. The first-order valence-corrected chi connectivity index (χ1v) is 6.91. The van der Waals surface area contributed by atoms with Gasteiger partial charge in [-0.1, -0.05) is 0 Å². The van der Waals surface area contributed by atoms with Gasteiger partial charge in [-0.3, -0.25) is 10.1 Å². The summed E-state index contributed by atoms with van der Waals surface area (Å²) in [5.41, 5.74) is 1.96. The summed E-state index contributed by atoms with van der Waals surface area (Å²) < 4.78 is 0. The van der Waals surface area contributed by atoms with Gasteiger partial charge >= 0.3 is 0 Å². The highest BCUT2D eigenvalue weighted by molar-refractivity contribution is 7.99. The van der Waals surface area contributed by atoms with Crippen LogP contribution in [0.2, 0.25) is 0 Å². The van der Waals surface area contributed by atoms with Crippen LogP contribution in [-0.4, -0.2) is 22.5 Å². The van der Waals surface area contributed by atoms with Gasteiger partial charge in [0.05, 0.1) is 4.92 Å². The third kappa shape index (κ3) is 3.36. The Kier molecular flexibility index (Phi) is 3.89. The van der Waals surface area contributed by atoms with Gasteiger partial charge in [0.2, 0.25) is 0 Å². The molecule has 1 aliphatic rings. The minimum absolute atomic E-state index is 0.165. The summed E-state index contributed by atoms with van der Waals surface area (Å²) in [4.78, 5) is 10.4. The van der Waals surface area contributed by atoms with E-state index in [1.165, 1.54) is 11.5 Å². The highest BCUT2D eigenvalue weighted by Gasteiger charge is 2.15. The topological polar surface area (TPSA) is 55.2 Å². The quantitative estimate of drug-likeness (QED) is 0.663. The van der Waals surface area contributed by atoms with E-state index in [4.69, 9.17) is 0 Å². The summed E-state index contributed by atoms with van der Waals surface area (Å²) in [6.07, 6.45) is 2.26. The van der Waals surface area contributed by atoms with Gasteiger partial charge < -0.3 is 5.32 Å². The van der Waals surface area contributed by atoms with Crippen LogP contribution in [-0.2, 0) is 0 Å². The molecule has 2 rings (SSSR count). The number of benzene rings is 1. The molecule has 1 fully saturated rings. The number of rotatable bonds is 3. The van der Waals surface area contributed by atoms with Gasteiger partial charge in [-0.25, -0.2) is 0 Å². The SMILES string of the molecule is Cc1cc(NC2CCSCC2)cc([N+](=O)[O-])c1. The molecular weight excluding hydrogens is 236 g/mol. The predicted molar refractivity (Wildman–Crippen MR) is 71.8 cm³/mol. The molecule has 0 radical (unpaired) electrons. The lowest BCUT2D eigenvalue weighted by atomic mass is 10.1. The van der Waals surface area contributed by atoms with Crippen molar-refractivity contribution in [2.75, 3.05) is 16.8 Å². The van der Waals surface area contributed by atoms with Crippen molar-refractivity contribution in [1.29, 1.82) is 0 Å². The zero-order valence-electron chi connectivity index (χ0n) is 9.81.